The number of carboxylic acid groups (broad SMARTS) is 1. The fraction of sp³-hybridized carbons (Fsp3) is 0.778. The summed E-state index contributed by atoms with van der Waals surface area (Å²) in [7, 11) is 0. The molecule has 1 rings (SSSR count). The van der Waals surface area contributed by atoms with Gasteiger partial charge in [0.05, 0.1) is 0 Å². The largest absolute Gasteiger partial charge is 0.550 e. The maximum Gasteiger partial charge on any atom is 0.136 e. The number of carbonyl (C=O) groups excluding carboxylic acids is 2. The van der Waals surface area contributed by atoms with Gasteiger partial charge in [0.25, 0.3) is 0 Å². The molecule has 2 atom stereocenters. The lowest BCUT2D eigenvalue weighted by Gasteiger charge is -2.16. The first-order valence-electron chi connectivity index (χ1n) is 8.52. The summed E-state index contributed by atoms with van der Waals surface area (Å²) in [5.41, 5.74) is 0. The van der Waals surface area contributed by atoms with E-state index in [2.05, 4.69) is 19.1 Å². The van der Waals surface area contributed by atoms with E-state index in [4.69, 9.17) is 0 Å². The van der Waals surface area contributed by atoms with Crippen LogP contribution < -0.4 is 5.11 Å². The van der Waals surface area contributed by atoms with E-state index in [1.807, 2.05) is 0 Å². The van der Waals surface area contributed by atoms with Crippen LogP contribution in [0.15, 0.2) is 12.2 Å². The molecule has 0 heterocycles. The molecular formula is C18H29O3-. The van der Waals surface area contributed by atoms with Crippen LogP contribution in [0, 0.1) is 11.8 Å². The van der Waals surface area contributed by atoms with Gasteiger partial charge < -0.3 is 9.90 Å². The lowest BCUT2D eigenvalue weighted by Crippen LogP contribution is -2.21. The average Bonchev–Trinajstić information content (AvgIpc) is 2.79. The molecule has 0 saturated heterocycles. The fourth-order valence-corrected chi connectivity index (χ4v) is 3.26. The molecule has 0 radical (unpaired) electrons. The quantitative estimate of drug-likeness (QED) is 0.433. The Balaban J connectivity index is 2.13. The van der Waals surface area contributed by atoms with Crippen LogP contribution in [-0.4, -0.2) is 11.8 Å². The van der Waals surface area contributed by atoms with Gasteiger partial charge in [-0.3, -0.25) is 4.79 Å². The number of hydrogen-bond donors (Lipinski definition) is 0. The van der Waals surface area contributed by atoms with E-state index in [-0.39, 0.29) is 12.3 Å². The minimum absolute atomic E-state index is 0.183. The maximum absolute atomic E-state index is 11.9. The Bertz CT molecular complexity index is 346. The van der Waals surface area contributed by atoms with Gasteiger partial charge in [0.1, 0.15) is 5.78 Å². The monoisotopic (exact) mass is 293 g/mol. The number of carbonyl (C=O) groups is 2. The Morgan fingerprint density at radius 1 is 1.19 bits per heavy atom. The Morgan fingerprint density at radius 3 is 2.62 bits per heavy atom. The topological polar surface area (TPSA) is 57.2 Å². The molecule has 21 heavy (non-hydrogen) atoms. The van der Waals surface area contributed by atoms with Crippen LogP contribution in [0.4, 0.5) is 0 Å². The number of aliphatic carboxylic acids is 1. The van der Waals surface area contributed by atoms with Crippen LogP contribution in [0.2, 0.25) is 0 Å². The first-order valence-corrected chi connectivity index (χ1v) is 8.52. The molecule has 3 nitrogen and oxygen atoms in total. The molecule has 0 aromatic rings. The lowest BCUT2D eigenvalue weighted by molar-refractivity contribution is -0.305. The maximum atomic E-state index is 11.9. The zero-order chi connectivity index (χ0) is 15.5. The van der Waals surface area contributed by atoms with Crippen LogP contribution in [0.25, 0.3) is 0 Å². The third kappa shape index (κ3) is 7.45. The number of allylic oxidation sites excluding steroid dienone is 2. The minimum atomic E-state index is -0.942. The predicted molar refractivity (Wildman–Crippen MR) is 82.6 cm³/mol. The highest BCUT2D eigenvalue weighted by Crippen LogP contribution is 2.35. The Kier molecular flexibility index (Phi) is 9.04. The number of unbranched alkanes of at least 4 members (excludes halogenated alkanes) is 4. The summed E-state index contributed by atoms with van der Waals surface area (Å²) in [5.74, 6) is 0.338. The SMILES string of the molecule is CC/C=C/CC1C(=O)CCC1CCCCCCCC(=O)[O-]. The van der Waals surface area contributed by atoms with Gasteiger partial charge in [-0.2, -0.15) is 0 Å². The normalized spacial score (nSPS) is 22.2. The second-order valence-corrected chi connectivity index (χ2v) is 6.17. The van der Waals surface area contributed by atoms with Gasteiger partial charge in [0.2, 0.25) is 0 Å². The number of ketones is 1. The van der Waals surface area contributed by atoms with E-state index in [1.165, 1.54) is 0 Å². The molecule has 0 amide bonds. The van der Waals surface area contributed by atoms with Crippen molar-refractivity contribution in [2.24, 2.45) is 11.8 Å². The first kappa shape index (κ1) is 17.9. The van der Waals surface area contributed by atoms with Crippen LogP contribution in [0.1, 0.15) is 77.6 Å². The van der Waals surface area contributed by atoms with Crippen LogP contribution in [0.3, 0.4) is 0 Å². The van der Waals surface area contributed by atoms with E-state index in [1.54, 1.807) is 0 Å². The van der Waals surface area contributed by atoms with Crippen molar-refractivity contribution in [3.05, 3.63) is 12.2 Å². The van der Waals surface area contributed by atoms with Crippen molar-refractivity contribution in [1.82, 2.24) is 0 Å². The van der Waals surface area contributed by atoms with Crippen molar-refractivity contribution in [3.63, 3.8) is 0 Å². The van der Waals surface area contributed by atoms with Crippen molar-refractivity contribution < 1.29 is 14.7 Å². The molecular weight excluding hydrogens is 264 g/mol. The van der Waals surface area contributed by atoms with Crippen molar-refractivity contribution in [2.45, 2.75) is 77.6 Å². The Hall–Kier alpha value is -1.12. The molecule has 1 fully saturated rings. The van der Waals surface area contributed by atoms with E-state index < -0.39 is 5.97 Å². The molecule has 0 spiro atoms. The second-order valence-electron chi connectivity index (χ2n) is 6.17. The summed E-state index contributed by atoms with van der Waals surface area (Å²) in [6.07, 6.45) is 14.5. The minimum Gasteiger partial charge on any atom is -0.550 e. The fourth-order valence-electron chi connectivity index (χ4n) is 3.26. The Morgan fingerprint density at radius 2 is 1.90 bits per heavy atom. The molecule has 1 aliphatic carbocycles. The summed E-state index contributed by atoms with van der Waals surface area (Å²) in [4.78, 5) is 22.2. The highest BCUT2D eigenvalue weighted by Gasteiger charge is 2.32. The van der Waals surface area contributed by atoms with Crippen LogP contribution in [-0.2, 0) is 9.59 Å². The summed E-state index contributed by atoms with van der Waals surface area (Å²) >= 11 is 0. The highest BCUT2D eigenvalue weighted by atomic mass is 16.4. The molecule has 0 aliphatic heterocycles. The Labute approximate surface area is 128 Å². The summed E-state index contributed by atoms with van der Waals surface area (Å²) in [6.45, 7) is 2.12. The highest BCUT2D eigenvalue weighted by molar-refractivity contribution is 5.83. The molecule has 3 heteroatoms. The number of rotatable bonds is 11. The molecule has 2 unspecified atom stereocenters. The van der Waals surface area contributed by atoms with E-state index in [0.29, 0.717) is 11.7 Å². The smallest absolute Gasteiger partial charge is 0.136 e. The molecule has 1 aliphatic rings. The summed E-state index contributed by atoms with van der Waals surface area (Å²) < 4.78 is 0. The van der Waals surface area contributed by atoms with E-state index >= 15 is 0 Å². The second kappa shape index (κ2) is 10.6. The van der Waals surface area contributed by atoms with Crippen molar-refractivity contribution in [2.75, 3.05) is 0 Å². The molecule has 0 aromatic carbocycles. The lowest BCUT2D eigenvalue weighted by atomic mass is 9.87. The molecule has 0 aromatic heterocycles. The third-order valence-electron chi connectivity index (χ3n) is 4.49. The standard InChI is InChI=1S/C18H30O3/c1-2-3-7-11-16-15(13-14-17(16)19)10-8-5-4-6-9-12-18(20)21/h3,7,15-16H,2,4-6,8-14H2,1H3,(H,20,21)/p-1/b7-3+. The van der Waals surface area contributed by atoms with Gasteiger partial charge in [-0.1, -0.05) is 44.8 Å². The van der Waals surface area contributed by atoms with Crippen molar-refractivity contribution in [3.8, 4) is 0 Å². The van der Waals surface area contributed by atoms with E-state index in [9.17, 15) is 14.7 Å². The zero-order valence-electron chi connectivity index (χ0n) is 13.3. The predicted octanol–water partition coefficient (Wildman–Crippen LogP) is 3.42. The summed E-state index contributed by atoms with van der Waals surface area (Å²) in [5, 5.41) is 10.3. The number of carboxylic acids is 1. The number of hydrogen-bond acceptors (Lipinski definition) is 3. The first-order chi connectivity index (χ1) is 10.1. The van der Waals surface area contributed by atoms with Gasteiger partial charge in [0, 0.05) is 18.3 Å². The van der Waals surface area contributed by atoms with Crippen LogP contribution >= 0.6 is 0 Å². The number of Topliss-reactive ketones (excluding diaryl/α,β-unsaturated/α-hetero) is 1. The molecule has 0 N–H and O–H groups in total. The van der Waals surface area contributed by atoms with Crippen molar-refractivity contribution >= 4 is 11.8 Å². The van der Waals surface area contributed by atoms with Crippen molar-refractivity contribution in [1.29, 1.82) is 0 Å². The van der Waals surface area contributed by atoms with Gasteiger partial charge in [-0.15, -0.1) is 0 Å². The molecule has 0 bridgehead atoms. The molecule has 1 saturated carbocycles. The third-order valence-corrected chi connectivity index (χ3v) is 4.49. The van der Waals surface area contributed by atoms with Gasteiger partial charge >= 0.3 is 0 Å². The van der Waals surface area contributed by atoms with Gasteiger partial charge in [-0.25, -0.2) is 0 Å². The summed E-state index contributed by atoms with van der Waals surface area (Å²) in [6, 6.07) is 0. The van der Waals surface area contributed by atoms with Gasteiger partial charge in [0.15, 0.2) is 0 Å². The zero-order valence-corrected chi connectivity index (χ0v) is 13.3. The van der Waals surface area contributed by atoms with E-state index in [0.717, 1.165) is 64.2 Å². The average molecular weight is 293 g/mol. The van der Waals surface area contributed by atoms with Crippen LogP contribution in [0.5, 0.6) is 0 Å². The van der Waals surface area contributed by atoms with Gasteiger partial charge in [-0.05, 0) is 44.4 Å². The molecule has 120 valence electrons.